The molecule has 2 heterocycles. The fourth-order valence-electron chi connectivity index (χ4n) is 4.40. The lowest BCUT2D eigenvalue weighted by molar-refractivity contribution is -0.0795. The Morgan fingerprint density at radius 2 is 1.92 bits per heavy atom. The quantitative estimate of drug-likeness (QED) is 0.684. The van der Waals surface area contributed by atoms with Gasteiger partial charge < -0.3 is 14.8 Å². The first kappa shape index (κ1) is 17.3. The molecule has 136 valence electrons. The second kappa shape index (κ2) is 6.90. The largest absolute Gasteiger partial charge is 0.396 e. The van der Waals surface area contributed by atoms with Crippen LogP contribution in [0.4, 0.5) is 0 Å². The number of nitrogens with one attached hydrogen (secondary N) is 1. The van der Waals surface area contributed by atoms with Gasteiger partial charge in [-0.1, -0.05) is 44.2 Å². The van der Waals surface area contributed by atoms with Crippen molar-refractivity contribution in [3.05, 3.63) is 59.3 Å². The van der Waals surface area contributed by atoms with E-state index in [1.54, 1.807) is 0 Å². The van der Waals surface area contributed by atoms with Gasteiger partial charge in [0.1, 0.15) is 5.60 Å². The molecule has 26 heavy (non-hydrogen) atoms. The number of hydrogen-bond donors (Lipinski definition) is 2. The molecule has 2 N–H and O–H groups in total. The molecule has 4 rings (SSSR count). The van der Waals surface area contributed by atoms with Gasteiger partial charge in [0.25, 0.3) is 0 Å². The Balaban J connectivity index is 1.96. The average molecular weight is 349 g/mol. The molecule has 1 aliphatic heterocycles. The summed E-state index contributed by atoms with van der Waals surface area (Å²) in [7, 11) is 0. The SMILES string of the molecule is CCc1cc(-c2ccccc2)cc2c3c([nH]c12)C(CC)(CCO)OCC3. The average Bonchev–Trinajstić information content (AvgIpc) is 3.08. The first-order chi connectivity index (χ1) is 12.7. The molecule has 0 radical (unpaired) electrons. The van der Waals surface area contributed by atoms with E-state index < -0.39 is 0 Å². The first-order valence-electron chi connectivity index (χ1n) is 9.70. The molecule has 1 atom stereocenters. The monoisotopic (exact) mass is 349 g/mol. The molecular weight excluding hydrogens is 322 g/mol. The lowest BCUT2D eigenvalue weighted by atomic mass is 9.86. The molecule has 3 nitrogen and oxygen atoms in total. The fraction of sp³-hybridized carbons (Fsp3) is 0.391. The Morgan fingerprint density at radius 1 is 1.12 bits per heavy atom. The molecule has 0 fully saturated rings. The van der Waals surface area contributed by atoms with Gasteiger partial charge in [0.05, 0.1) is 12.3 Å². The Hall–Kier alpha value is -2.10. The highest BCUT2D eigenvalue weighted by atomic mass is 16.5. The van der Waals surface area contributed by atoms with Gasteiger partial charge in [0, 0.05) is 23.9 Å². The minimum Gasteiger partial charge on any atom is -0.396 e. The van der Waals surface area contributed by atoms with Crippen molar-refractivity contribution in [3.8, 4) is 11.1 Å². The standard InChI is InChI=1S/C23H27NO2/c1-3-16-14-18(17-8-6-5-7-9-17)15-20-19-10-13-26-23(4-2,11-12-25)22(19)24-21(16)20/h5-9,14-15,24-25H,3-4,10-13H2,1-2H3. The van der Waals surface area contributed by atoms with Gasteiger partial charge in [-0.2, -0.15) is 0 Å². The number of rotatable bonds is 5. The maximum absolute atomic E-state index is 9.61. The number of aryl methyl sites for hydroxylation is 1. The predicted octanol–water partition coefficient (Wildman–Crippen LogP) is 4.96. The summed E-state index contributed by atoms with van der Waals surface area (Å²) in [5.74, 6) is 0. The normalized spacial score (nSPS) is 19.7. The number of hydrogen-bond acceptors (Lipinski definition) is 2. The molecule has 0 amide bonds. The van der Waals surface area contributed by atoms with Gasteiger partial charge in [0.2, 0.25) is 0 Å². The number of benzene rings is 2. The first-order valence-corrected chi connectivity index (χ1v) is 9.70. The summed E-state index contributed by atoms with van der Waals surface area (Å²) in [6.07, 6.45) is 3.40. The highest BCUT2D eigenvalue weighted by molar-refractivity contribution is 5.92. The number of aliphatic hydroxyl groups excluding tert-OH is 1. The van der Waals surface area contributed by atoms with E-state index in [2.05, 4.69) is 61.3 Å². The summed E-state index contributed by atoms with van der Waals surface area (Å²) in [6, 6.07) is 15.2. The van der Waals surface area contributed by atoms with Crippen molar-refractivity contribution in [2.75, 3.05) is 13.2 Å². The van der Waals surface area contributed by atoms with E-state index in [1.807, 2.05) is 0 Å². The summed E-state index contributed by atoms with van der Waals surface area (Å²) < 4.78 is 6.21. The van der Waals surface area contributed by atoms with E-state index in [1.165, 1.54) is 38.9 Å². The third-order valence-electron chi connectivity index (χ3n) is 5.86. The van der Waals surface area contributed by atoms with Gasteiger partial charge in [-0.15, -0.1) is 0 Å². The van der Waals surface area contributed by atoms with Crippen LogP contribution in [0.25, 0.3) is 22.0 Å². The van der Waals surface area contributed by atoms with Crippen LogP contribution in [0.5, 0.6) is 0 Å². The number of aromatic amines is 1. The number of fused-ring (bicyclic) bond motifs is 3. The van der Waals surface area contributed by atoms with E-state index in [4.69, 9.17) is 4.74 Å². The predicted molar refractivity (Wildman–Crippen MR) is 106 cm³/mol. The van der Waals surface area contributed by atoms with Gasteiger partial charge in [-0.05, 0) is 53.6 Å². The van der Waals surface area contributed by atoms with Crippen molar-refractivity contribution >= 4 is 10.9 Å². The minimum absolute atomic E-state index is 0.137. The van der Waals surface area contributed by atoms with E-state index >= 15 is 0 Å². The van der Waals surface area contributed by atoms with Crippen molar-refractivity contribution < 1.29 is 9.84 Å². The van der Waals surface area contributed by atoms with Crippen LogP contribution in [0.2, 0.25) is 0 Å². The smallest absolute Gasteiger partial charge is 0.110 e. The summed E-state index contributed by atoms with van der Waals surface area (Å²) in [5.41, 5.74) is 7.25. The van der Waals surface area contributed by atoms with Crippen molar-refractivity contribution in [3.63, 3.8) is 0 Å². The molecule has 0 saturated carbocycles. The zero-order chi connectivity index (χ0) is 18.1. The topological polar surface area (TPSA) is 45.2 Å². The second-order valence-corrected chi connectivity index (χ2v) is 7.18. The van der Waals surface area contributed by atoms with E-state index in [0.717, 1.165) is 19.3 Å². The van der Waals surface area contributed by atoms with Gasteiger partial charge in [-0.25, -0.2) is 0 Å². The summed E-state index contributed by atoms with van der Waals surface area (Å²) >= 11 is 0. The highest BCUT2D eigenvalue weighted by Gasteiger charge is 2.38. The molecule has 3 heteroatoms. The molecule has 0 aliphatic carbocycles. The third-order valence-corrected chi connectivity index (χ3v) is 5.86. The molecule has 2 aromatic carbocycles. The molecule has 1 aromatic heterocycles. The van der Waals surface area contributed by atoms with Crippen molar-refractivity contribution in [1.29, 1.82) is 0 Å². The van der Waals surface area contributed by atoms with E-state index in [0.29, 0.717) is 13.0 Å². The summed E-state index contributed by atoms with van der Waals surface area (Å²) in [5, 5.41) is 10.9. The Morgan fingerprint density at radius 3 is 2.62 bits per heavy atom. The third kappa shape index (κ3) is 2.67. The zero-order valence-electron chi connectivity index (χ0n) is 15.6. The molecule has 0 spiro atoms. The van der Waals surface area contributed by atoms with Crippen molar-refractivity contribution in [2.45, 2.75) is 45.1 Å². The Labute approximate surface area is 155 Å². The molecule has 1 aliphatic rings. The van der Waals surface area contributed by atoms with Crippen LogP contribution in [0.1, 0.15) is 43.5 Å². The maximum Gasteiger partial charge on any atom is 0.110 e. The number of aliphatic hydroxyl groups is 1. The Bertz CT molecular complexity index is 913. The van der Waals surface area contributed by atoms with Crippen LogP contribution in [0.15, 0.2) is 42.5 Å². The molecule has 0 bridgehead atoms. The lowest BCUT2D eigenvalue weighted by Gasteiger charge is -2.36. The highest BCUT2D eigenvalue weighted by Crippen LogP contribution is 2.43. The van der Waals surface area contributed by atoms with Gasteiger partial charge in [0.15, 0.2) is 0 Å². The molecule has 3 aromatic rings. The van der Waals surface area contributed by atoms with Crippen LogP contribution in [-0.4, -0.2) is 23.3 Å². The number of H-pyrrole nitrogens is 1. The van der Waals surface area contributed by atoms with Gasteiger partial charge in [-0.3, -0.25) is 0 Å². The second-order valence-electron chi connectivity index (χ2n) is 7.18. The van der Waals surface area contributed by atoms with Crippen molar-refractivity contribution in [1.82, 2.24) is 4.98 Å². The Kier molecular flexibility index (Phi) is 4.60. The van der Waals surface area contributed by atoms with E-state index in [9.17, 15) is 5.11 Å². The van der Waals surface area contributed by atoms with Crippen molar-refractivity contribution in [2.24, 2.45) is 0 Å². The summed E-state index contributed by atoms with van der Waals surface area (Å²) in [6.45, 7) is 5.20. The van der Waals surface area contributed by atoms with Gasteiger partial charge >= 0.3 is 0 Å². The van der Waals surface area contributed by atoms with Crippen LogP contribution < -0.4 is 0 Å². The van der Waals surface area contributed by atoms with Crippen LogP contribution in [0.3, 0.4) is 0 Å². The molecule has 0 saturated heterocycles. The van der Waals surface area contributed by atoms with E-state index in [-0.39, 0.29) is 12.2 Å². The minimum atomic E-state index is -0.390. The zero-order valence-corrected chi connectivity index (χ0v) is 15.6. The molecular formula is C23H27NO2. The summed E-state index contributed by atoms with van der Waals surface area (Å²) in [4.78, 5) is 3.70. The molecule has 1 unspecified atom stereocenters. The maximum atomic E-state index is 9.61. The van der Waals surface area contributed by atoms with Crippen LogP contribution in [-0.2, 0) is 23.2 Å². The number of aromatic nitrogens is 1. The van der Waals surface area contributed by atoms with Crippen LogP contribution in [0, 0.1) is 0 Å². The lowest BCUT2D eigenvalue weighted by Crippen LogP contribution is -2.36. The number of ether oxygens (including phenoxy) is 1. The van der Waals surface area contributed by atoms with Crippen LogP contribution >= 0.6 is 0 Å². The fourth-order valence-corrected chi connectivity index (χ4v) is 4.40.